The highest BCUT2D eigenvalue weighted by Crippen LogP contribution is 2.16. The summed E-state index contributed by atoms with van der Waals surface area (Å²) in [6, 6.07) is 0.189. The summed E-state index contributed by atoms with van der Waals surface area (Å²) in [5.74, 6) is -0.657. The second kappa shape index (κ2) is 6.97. The predicted octanol–water partition coefficient (Wildman–Crippen LogP) is 1.66. The van der Waals surface area contributed by atoms with Crippen molar-refractivity contribution in [3.05, 3.63) is 0 Å². The molecular formula is C13H26N2O2. The van der Waals surface area contributed by atoms with Crippen molar-refractivity contribution in [1.29, 1.82) is 0 Å². The molecule has 0 amide bonds. The van der Waals surface area contributed by atoms with Crippen molar-refractivity contribution >= 4 is 5.97 Å². The van der Waals surface area contributed by atoms with Crippen LogP contribution < -0.4 is 0 Å². The third-order valence-corrected chi connectivity index (χ3v) is 3.76. The SMILES string of the molecule is CCCCC(C(=O)O)N1CCN(CC)C(C)C1. The maximum absolute atomic E-state index is 11.3. The first-order chi connectivity index (χ1) is 8.10. The smallest absolute Gasteiger partial charge is 0.320 e. The van der Waals surface area contributed by atoms with E-state index in [-0.39, 0.29) is 6.04 Å². The molecular weight excluding hydrogens is 216 g/mol. The summed E-state index contributed by atoms with van der Waals surface area (Å²) in [7, 11) is 0. The summed E-state index contributed by atoms with van der Waals surface area (Å²) in [6.45, 7) is 10.3. The highest BCUT2D eigenvalue weighted by molar-refractivity contribution is 5.73. The number of aliphatic carboxylic acids is 1. The Bertz CT molecular complexity index is 246. The van der Waals surface area contributed by atoms with Crippen LogP contribution in [-0.2, 0) is 4.79 Å². The number of carboxylic acid groups (broad SMARTS) is 1. The van der Waals surface area contributed by atoms with E-state index in [1.165, 1.54) is 0 Å². The summed E-state index contributed by atoms with van der Waals surface area (Å²) >= 11 is 0. The van der Waals surface area contributed by atoms with E-state index in [9.17, 15) is 9.90 Å². The van der Waals surface area contributed by atoms with E-state index in [0.29, 0.717) is 6.04 Å². The van der Waals surface area contributed by atoms with Crippen molar-refractivity contribution < 1.29 is 9.90 Å². The maximum Gasteiger partial charge on any atom is 0.320 e. The third kappa shape index (κ3) is 3.96. The molecule has 0 aromatic heterocycles. The van der Waals surface area contributed by atoms with Crippen LogP contribution in [0.25, 0.3) is 0 Å². The molecule has 1 aliphatic rings. The number of carboxylic acids is 1. The normalized spacial score (nSPS) is 24.8. The van der Waals surface area contributed by atoms with Crippen molar-refractivity contribution in [2.24, 2.45) is 0 Å². The molecule has 0 radical (unpaired) electrons. The van der Waals surface area contributed by atoms with Gasteiger partial charge in [0.1, 0.15) is 6.04 Å². The number of hydrogen-bond donors (Lipinski definition) is 1. The first kappa shape index (κ1) is 14.5. The lowest BCUT2D eigenvalue weighted by Crippen LogP contribution is -2.56. The van der Waals surface area contributed by atoms with Crippen LogP contribution in [0.3, 0.4) is 0 Å². The average Bonchev–Trinajstić information content (AvgIpc) is 2.29. The van der Waals surface area contributed by atoms with E-state index in [1.807, 2.05) is 0 Å². The van der Waals surface area contributed by atoms with Crippen molar-refractivity contribution in [3.8, 4) is 0 Å². The molecule has 2 unspecified atom stereocenters. The van der Waals surface area contributed by atoms with Crippen molar-refractivity contribution in [1.82, 2.24) is 9.80 Å². The van der Waals surface area contributed by atoms with Gasteiger partial charge < -0.3 is 5.11 Å². The Labute approximate surface area is 105 Å². The summed E-state index contributed by atoms with van der Waals surface area (Å²) in [5.41, 5.74) is 0. The van der Waals surface area contributed by atoms with E-state index in [0.717, 1.165) is 45.4 Å². The molecule has 0 aromatic carbocycles. The molecule has 1 N–H and O–H groups in total. The lowest BCUT2D eigenvalue weighted by atomic mass is 10.1. The van der Waals surface area contributed by atoms with E-state index >= 15 is 0 Å². The van der Waals surface area contributed by atoms with Gasteiger partial charge in [-0.05, 0) is 19.9 Å². The Morgan fingerprint density at radius 2 is 2.12 bits per heavy atom. The lowest BCUT2D eigenvalue weighted by molar-refractivity contribution is -0.144. The van der Waals surface area contributed by atoms with Gasteiger partial charge in [-0.2, -0.15) is 0 Å². The van der Waals surface area contributed by atoms with Gasteiger partial charge in [-0.1, -0.05) is 26.7 Å². The van der Waals surface area contributed by atoms with Crippen LogP contribution in [0.2, 0.25) is 0 Å². The first-order valence-corrected chi connectivity index (χ1v) is 6.81. The molecule has 0 aliphatic carbocycles. The highest BCUT2D eigenvalue weighted by atomic mass is 16.4. The molecule has 0 bridgehead atoms. The zero-order chi connectivity index (χ0) is 12.8. The minimum absolute atomic E-state index is 0.281. The number of piperazine rings is 1. The van der Waals surface area contributed by atoms with Gasteiger partial charge in [0.25, 0.3) is 0 Å². The van der Waals surface area contributed by atoms with Gasteiger partial charge in [0.05, 0.1) is 0 Å². The Morgan fingerprint density at radius 1 is 1.41 bits per heavy atom. The predicted molar refractivity (Wildman–Crippen MR) is 69.2 cm³/mol. The molecule has 1 saturated heterocycles. The number of rotatable bonds is 6. The topological polar surface area (TPSA) is 43.8 Å². The van der Waals surface area contributed by atoms with Gasteiger partial charge in [-0.3, -0.25) is 14.6 Å². The molecule has 17 heavy (non-hydrogen) atoms. The molecule has 1 fully saturated rings. The summed E-state index contributed by atoms with van der Waals surface area (Å²) in [5, 5.41) is 9.31. The minimum Gasteiger partial charge on any atom is -0.480 e. The molecule has 2 atom stereocenters. The van der Waals surface area contributed by atoms with Gasteiger partial charge in [0, 0.05) is 25.7 Å². The number of carbonyl (C=O) groups is 1. The van der Waals surface area contributed by atoms with Crippen LogP contribution in [0.1, 0.15) is 40.0 Å². The van der Waals surface area contributed by atoms with E-state index in [1.54, 1.807) is 0 Å². The van der Waals surface area contributed by atoms with Crippen molar-refractivity contribution in [2.75, 3.05) is 26.2 Å². The minimum atomic E-state index is -0.657. The molecule has 4 heteroatoms. The monoisotopic (exact) mass is 242 g/mol. The maximum atomic E-state index is 11.3. The van der Waals surface area contributed by atoms with Crippen LogP contribution in [0.5, 0.6) is 0 Å². The molecule has 1 aliphatic heterocycles. The zero-order valence-electron chi connectivity index (χ0n) is 11.4. The van der Waals surface area contributed by atoms with Crippen LogP contribution >= 0.6 is 0 Å². The fourth-order valence-corrected chi connectivity index (χ4v) is 2.64. The van der Waals surface area contributed by atoms with Crippen LogP contribution in [0.4, 0.5) is 0 Å². The fraction of sp³-hybridized carbons (Fsp3) is 0.923. The van der Waals surface area contributed by atoms with E-state index in [4.69, 9.17) is 0 Å². The van der Waals surface area contributed by atoms with Gasteiger partial charge in [-0.15, -0.1) is 0 Å². The summed E-state index contributed by atoms with van der Waals surface area (Å²) < 4.78 is 0. The van der Waals surface area contributed by atoms with Crippen LogP contribution in [-0.4, -0.2) is 59.1 Å². The summed E-state index contributed by atoms with van der Waals surface area (Å²) in [4.78, 5) is 15.9. The second-order valence-corrected chi connectivity index (χ2v) is 4.97. The fourth-order valence-electron chi connectivity index (χ4n) is 2.64. The lowest BCUT2D eigenvalue weighted by Gasteiger charge is -2.41. The number of unbranched alkanes of at least 4 members (excludes halogenated alkanes) is 1. The molecule has 1 heterocycles. The first-order valence-electron chi connectivity index (χ1n) is 6.81. The Morgan fingerprint density at radius 3 is 2.59 bits per heavy atom. The van der Waals surface area contributed by atoms with Gasteiger partial charge in [0.15, 0.2) is 0 Å². The Kier molecular flexibility index (Phi) is 5.92. The zero-order valence-corrected chi connectivity index (χ0v) is 11.4. The summed E-state index contributed by atoms with van der Waals surface area (Å²) in [6.07, 6.45) is 2.85. The van der Waals surface area contributed by atoms with E-state index < -0.39 is 5.97 Å². The van der Waals surface area contributed by atoms with Crippen LogP contribution in [0, 0.1) is 0 Å². The van der Waals surface area contributed by atoms with E-state index in [2.05, 4.69) is 30.6 Å². The molecule has 100 valence electrons. The Balaban J connectivity index is 2.55. The quantitative estimate of drug-likeness (QED) is 0.769. The Hall–Kier alpha value is -0.610. The number of likely N-dealkylation sites (N-methyl/N-ethyl adjacent to an activating group) is 1. The highest BCUT2D eigenvalue weighted by Gasteiger charge is 2.30. The van der Waals surface area contributed by atoms with Crippen LogP contribution in [0.15, 0.2) is 0 Å². The number of nitrogens with zero attached hydrogens (tertiary/aromatic N) is 2. The average molecular weight is 242 g/mol. The molecule has 0 aromatic rings. The van der Waals surface area contributed by atoms with Gasteiger partial charge >= 0.3 is 5.97 Å². The largest absolute Gasteiger partial charge is 0.480 e. The van der Waals surface area contributed by atoms with Gasteiger partial charge in [0.2, 0.25) is 0 Å². The standard InChI is InChI=1S/C13H26N2O2/c1-4-6-7-12(13(16)17)15-9-8-14(5-2)11(3)10-15/h11-12H,4-10H2,1-3H3,(H,16,17). The number of hydrogen-bond acceptors (Lipinski definition) is 3. The van der Waals surface area contributed by atoms with Crippen molar-refractivity contribution in [2.45, 2.75) is 52.1 Å². The molecule has 1 rings (SSSR count). The third-order valence-electron chi connectivity index (χ3n) is 3.76. The molecule has 0 spiro atoms. The van der Waals surface area contributed by atoms with Crippen molar-refractivity contribution in [3.63, 3.8) is 0 Å². The second-order valence-electron chi connectivity index (χ2n) is 4.97. The van der Waals surface area contributed by atoms with Gasteiger partial charge in [-0.25, -0.2) is 0 Å². The molecule has 4 nitrogen and oxygen atoms in total. The molecule has 0 saturated carbocycles.